The molecule has 8 heteroatoms. The van der Waals surface area contributed by atoms with E-state index in [9.17, 15) is 5.26 Å². The molecule has 29 heavy (non-hydrogen) atoms. The highest BCUT2D eigenvalue weighted by atomic mass is 16.7. The number of benzene rings is 2. The molecule has 2 aliphatic rings. The number of nitrogens with one attached hydrogen (secondary N) is 1. The van der Waals surface area contributed by atoms with E-state index in [1.807, 2.05) is 42.5 Å². The molecule has 2 aromatic carbocycles. The molecule has 0 amide bonds. The molecule has 3 N–H and O–H groups in total. The Morgan fingerprint density at radius 3 is 2.86 bits per heavy atom. The minimum Gasteiger partial charge on any atom is -0.496 e. The third-order valence-electron chi connectivity index (χ3n) is 5.05. The van der Waals surface area contributed by atoms with Crippen LogP contribution in [0.4, 0.5) is 0 Å². The van der Waals surface area contributed by atoms with Crippen molar-refractivity contribution in [3.8, 4) is 40.5 Å². The third-order valence-corrected chi connectivity index (χ3v) is 5.05. The SMILES string of the molecule is COc1ccccc1[C@@H]1C(C#N)=C(N)Oc2n[nH]c(-c3ccc4c(c3)OCO4)c21. The number of fused-ring (bicyclic) bond motifs is 2. The van der Waals surface area contributed by atoms with E-state index < -0.39 is 5.92 Å². The summed E-state index contributed by atoms with van der Waals surface area (Å²) in [5.74, 6) is 1.82. The number of methoxy groups -OCH3 is 1. The van der Waals surface area contributed by atoms with Crippen LogP contribution in [0.1, 0.15) is 17.0 Å². The molecule has 2 aliphatic heterocycles. The largest absolute Gasteiger partial charge is 0.496 e. The van der Waals surface area contributed by atoms with Gasteiger partial charge in [-0.2, -0.15) is 5.26 Å². The van der Waals surface area contributed by atoms with Crippen LogP contribution >= 0.6 is 0 Å². The van der Waals surface area contributed by atoms with Crippen molar-refractivity contribution in [2.45, 2.75) is 5.92 Å². The highest BCUT2D eigenvalue weighted by molar-refractivity contribution is 5.73. The maximum absolute atomic E-state index is 9.83. The lowest BCUT2D eigenvalue weighted by atomic mass is 9.82. The van der Waals surface area contributed by atoms with Gasteiger partial charge in [0, 0.05) is 11.1 Å². The number of allylic oxidation sites excluding steroid dienone is 1. The number of nitriles is 1. The molecule has 1 atom stereocenters. The van der Waals surface area contributed by atoms with Gasteiger partial charge in [0.25, 0.3) is 0 Å². The van der Waals surface area contributed by atoms with E-state index in [-0.39, 0.29) is 12.7 Å². The van der Waals surface area contributed by atoms with Gasteiger partial charge >= 0.3 is 0 Å². The van der Waals surface area contributed by atoms with Crippen molar-refractivity contribution in [2.75, 3.05) is 13.9 Å². The molecule has 3 heterocycles. The Balaban J connectivity index is 1.73. The Kier molecular flexibility index (Phi) is 3.81. The lowest BCUT2D eigenvalue weighted by Gasteiger charge is -2.25. The van der Waals surface area contributed by atoms with Crippen LogP contribution in [0.5, 0.6) is 23.1 Å². The Labute approximate surface area is 166 Å². The van der Waals surface area contributed by atoms with Gasteiger partial charge in [0.15, 0.2) is 11.5 Å². The average molecular weight is 388 g/mol. The van der Waals surface area contributed by atoms with E-state index in [1.54, 1.807) is 7.11 Å². The monoisotopic (exact) mass is 388 g/mol. The van der Waals surface area contributed by atoms with Gasteiger partial charge in [0.1, 0.15) is 17.4 Å². The van der Waals surface area contributed by atoms with Crippen molar-refractivity contribution >= 4 is 0 Å². The molecule has 0 fully saturated rings. The quantitative estimate of drug-likeness (QED) is 0.708. The topological polar surface area (TPSA) is 115 Å². The zero-order chi connectivity index (χ0) is 20.0. The number of H-pyrrole nitrogens is 1. The Hall–Kier alpha value is -4.12. The summed E-state index contributed by atoms with van der Waals surface area (Å²) in [4.78, 5) is 0. The number of aromatic amines is 1. The molecule has 1 aromatic heterocycles. The third kappa shape index (κ3) is 2.56. The van der Waals surface area contributed by atoms with Crippen molar-refractivity contribution < 1.29 is 18.9 Å². The first-order chi connectivity index (χ1) is 14.2. The van der Waals surface area contributed by atoms with Gasteiger partial charge in [-0.25, -0.2) is 0 Å². The van der Waals surface area contributed by atoms with Gasteiger partial charge in [0.05, 0.1) is 24.3 Å². The fraction of sp³-hybridized carbons (Fsp3) is 0.143. The van der Waals surface area contributed by atoms with Crippen LogP contribution < -0.4 is 24.7 Å². The molecule has 0 aliphatic carbocycles. The van der Waals surface area contributed by atoms with Crippen molar-refractivity contribution in [2.24, 2.45) is 5.73 Å². The molecule has 0 bridgehead atoms. The number of hydrogen-bond acceptors (Lipinski definition) is 7. The average Bonchev–Trinajstić information content (AvgIpc) is 3.38. The second kappa shape index (κ2) is 6.49. The number of hydrogen-bond donors (Lipinski definition) is 2. The molecule has 144 valence electrons. The van der Waals surface area contributed by atoms with Gasteiger partial charge in [-0.15, -0.1) is 5.10 Å². The summed E-state index contributed by atoms with van der Waals surface area (Å²) in [7, 11) is 1.59. The summed E-state index contributed by atoms with van der Waals surface area (Å²) in [6.07, 6.45) is 0. The number of para-hydroxylation sites is 1. The van der Waals surface area contributed by atoms with Crippen molar-refractivity contribution in [1.82, 2.24) is 10.2 Å². The van der Waals surface area contributed by atoms with Crippen molar-refractivity contribution in [1.29, 1.82) is 5.26 Å². The molecule has 8 nitrogen and oxygen atoms in total. The van der Waals surface area contributed by atoms with Crippen LogP contribution in [-0.2, 0) is 0 Å². The molecule has 3 aromatic rings. The molecule has 5 rings (SSSR count). The second-order valence-electron chi connectivity index (χ2n) is 6.55. The van der Waals surface area contributed by atoms with Gasteiger partial charge < -0.3 is 24.7 Å². The van der Waals surface area contributed by atoms with Crippen LogP contribution in [0, 0.1) is 11.3 Å². The normalized spacial score (nSPS) is 16.8. The zero-order valence-electron chi connectivity index (χ0n) is 15.4. The molecular formula is C21H16N4O4. The summed E-state index contributed by atoms with van der Waals surface area (Å²) in [5.41, 5.74) is 9.37. The predicted molar refractivity (Wildman–Crippen MR) is 102 cm³/mol. The van der Waals surface area contributed by atoms with E-state index in [0.717, 1.165) is 11.1 Å². The summed E-state index contributed by atoms with van der Waals surface area (Å²) < 4.78 is 22.1. The minimum absolute atomic E-state index is 0.0274. The van der Waals surface area contributed by atoms with Crippen LogP contribution in [0.3, 0.4) is 0 Å². The predicted octanol–water partition coefficient (Wildman–Crippen LogP) is 3.03. The van der Waals surface area contributed by atoms with Crippen LogP contribution in [0.25, 0.3) is 11.3 Å². The van der Waals surface area contributed by atoms with E-state index >= 15 is 0 Å². The highest BCUT2D eigenvalue weighted by Crippen LogP contribution is 2.48. The van der Waals surface area contributed by atoms with Crippen molar-refractivity contribution in [3.05, 3.63) is 65.0 Å². The van der Waals surface area contributed by atoms with Crippen molar-refractivity contribution in [3.63, 3.8) is 0 Å². The van der Waals surface area contributed by atoms with Gasteiger partial charge in [-0.1, -0.05) is 18.2 Å². The first kappa shape index (κ1) is 17.0. The standard InChI is InChI=1S/C21H16N4O4/c1-26-14-5-3-2-4-12(14)17-13(9-22)20(23)29-21-18(17)19(24-25-21)11-6-7-15-16(8-11)28-10-27-15/h2-8,17H,10,23H2,1H3,(H,24,25)/t17-/m1/s1. The molecule has 0 saturated heterocycles. The summed E-state index contributed by atoms with van der Waals surface area (Å²) in [5, 5.41) is 17.1. The minimum atomic E-state index is -0.501. The van der Waals surface area contributed by atoms with E-state index in [4.69, 9.17) is 24.7 Å². The molecule has 0 radical (unpaired) electrons. The first-order valence-corrected chi connectivity index (χ1v) is 8.90. The Morgan fingerprint density at radius 2 is 2.03 bits per heavy atom. The first-order valence-electron chi connectivity index (χ1n) is 8.90. The van der Waals surface area contributed by atoms with Gasteiger partial charge in [-0.05, 0) is 24.3 Å². The maximum atomic E-state index is 9.83. The summed E-state index contributed by atoms with van der Waals surface area (Å²) >= 11 is 0. The maximum Gasteiger partial charge on any atom is 0.244 e. The number of aromatic nitrogens is 2. The number of nitrogens with two attached hydrogens (primary N) is 1. The summed E-state index contributed by atoms with van der Waals surface area (Å²) in [6, 6.07) is 15.3. The lowest BCUT2D eigenvalue weighted by molar-refractivity contribution is 0.174. The number of nitrogens with zero attached hydrogens (tertiary/aromatic N) is 2. The number of ether oxygens (including phenoxy) is 4. The van der Waals surface area contributed by atoms with Crippen LogP contribution in [0.15, 0.2) is 53.9 Å². The summed E-state index contributed by atoms with van der Waals surface area (Å²) in [6.45, 7) is 0.185. The highest BCUT2D eigenvalue weighted by Gasteiger charge is 2.37. The van der Waals surface area contributed by atoms with Crippen LogP contribution in [0.2, 0.25) is 0 Å². The van der Waals surface area contributed by atoms with Gasteiger partial charge in [-0.3, -0.25) is 5.10 Å². The van der Waals surface area contributed by atoms with E-state index in [2.05, 4.69) is 16.3 Å². The second-order valence-corrected chi connectivity index (χ2v) is 6.55. The molecule has 0 unspecified atom stereocenters. The van der Waals surface area contributed by atoms with E-state index in [0.29, 0.717) is 40.0 Å². The zero-order valence-corrected chi connectivity index (χ0v) is 15.4. The Morgan fingerprint density at radius 1 is 1.21 bits per heavy atom. The fourth-order valence-electron chi connectivity index (χ4n) is 3.73. The van der Waals surface area contributed by atoms with Gasteiger partial charge in [0.2, 0.25) is 18.6 Å². The molecule has 0 saturated carbocycles. The number of rotatable bonds is 3. The van der Waals surface area contributed by atoms with E-state index in [1.165, 1.54) is 0 Å². The fourth-order valence-corrected chi connectivity index (χ4v) is 3.73. The smallest absolute Gasteiger partial charge is 0.244 e. The molecular weight excluding hydrogens is 372 g/mol. The lowest BCUT2D eigenvalue weighted by Crippen LogP contribution is -2.21. The van der Waals surface area contributed by atoms with Crippen LogP contribution in [-0.4, -0.2) is 24.1 Å². The Bertz CT molecular complexity index is 1190. The molecule has 0 spiro atoms.